The number of carbonyl (C=O) groups excluding carboxylic acids is 3. The molecule has 9 nitrogen and oxygen atoms in total. The van der Waals surface area contributed by atoms with E-state index >= 15 is 0 Å². The van der Waals surface area contributed by atoms with Crippen molar-refractivity contribution in [2.75, 3.05) is 11.9 Å². The molecule has 1 aromatic heterocycles. The summed E-state index contributed by atoms with van der Waals surface area (Å²) in [4.78, 5) is 38.1. The van der Waals surface area contributed by atoms with Crippen molar-refractivity contribution in [3.63, 3.8) is 0 Å². The van der Waals surface area contributed by atoms with E-state index in [2.05, 4.69) is 15.7 Å². The Morgan fingerprint density at radius 1 is 1.17 bits per heavy atom. The molecule has 0 aliphatic rings. The molecule has 29 heavy (non-hydrogen) atoms. The quantitative estimate of drug-likeness (QED) is 0.565. The second-order valence-corrected chi connectivity index (χ2v) is 7.12. The molecule has 1 atom stereocenters. The third-order valence-corrected chi connectivity index (χ3v) is 3.83. The summed E-state index contributed by atoms with van der Waals surface area (Å²) in [5.41, 5.74) is 1.15. The number of aromatic nitrogens is 2. The van der Waals surface area contributed by atoms with Crippen LogP contribution in [0.15, 0.2) is 42.7 Å². The molecule has 0 saturated carbocycles. The molecule has 1 heterocycles. The minimum atomic E-state index is -0.840. The van der Waals surface area contributed by atoms with Crippen molar-refractivity contribution in [2.45, 2.75) is 46.0 Å². The number of amides is 3. The standard InChI is InChI=1S/C20H27N5O4/c1-14(2)22-18(27)13-25-12-17(9-21-25)23-19(28)20(29)24(10-15(3)26)11-16-7-5-4-6-8-16/h4-9,12,14-15,26H,10-11,13H2,1-3H3,(H,22,27)(H,23,28). The molecule has 0 spiro atoms. The van der Waals surface area contributed by atoms with E-state index in [0.717, 1.165) is 5.56 Å². The van der Waals surface area contributed by atoms with Gasteiger partial charge in [0.2, 0.25) is 5.91 Å². The second-order valence-electron chi connectivity index (χ2n) is 7.12. The maximum Gasteiger partial charge on any atom is 0.314 e. The molecule has 2 rings (SSSR count). The first-order chi connectivity index (χ1) is 13.7. The average molecular weight is 401 g/mol. The minimum Gasteiger partial charge on any atom is -0.392 e. The Kier molecular flexibility index (Phi) is 7.90. The first-order valence-corrected chi connectivity index (χ1v) is 9.38. The van der Waals surface area contributed by atoms with E-state index in [1.54, 1.807) is 6.92 Å². The van der Waals surface area contributed by atoms with Crippen LogP contribution >= 0.6 is 0 Å². The van der Waals surface area contributed by atoms with Gasteiger partial charge in [0, 0.05) is 25.3 Å². The van der Waals surface area contributed by atoms with Gasteiger partial charge in [-0.25, -0.2) is 0 Å². The molecule has 2 aromatic rings. The van der Waals surface area contributed by atoms with Crippen molar-refractivity contribution in [3.8, 4) is 0 Å². The number of nitrogens with zero attached hydrogens (tertiary/aromatic N) is 3. The van der Waals surface area contributed by atoms with Crippen LogP contribution in [0.25, 0.3) is 0 Å². The molecular weight excluding hydrogens is 374 g/mol. The number of anilines is 1. The van der Waals surface area contributed by atoms with E-state index in [-0.39, 0.29) is 31.6 Å². The van der Waals surface area contributed by atoms with Gasteiger partial charge in [-0.1, -0.05) is 30.3 Å². The van der Waals surface area contributed by atoms with Crippen LogP contribution in [-0.2, 0) is 27.5 Å². The van der Waals surface area contributed by atoms with Gasteiger partial charge >= 0.3 is 11.8 Å². The van der Waals surface area contributed by atoms with E-state index in [0.29, 0.717) is 5.69 Å². The van der Waals surface area contributed by atoms with Crippen LogP contribution in [0.2, 0.25) is 0 Å². The Morgan fingerprint density at radius 2 is 1.86 bits per heavy atom. The lowest BCUT2D eigenvalue weighted by Crippen LogP contribution is -2.42. The van der Waals surface area contributed by atoms with Gasteiger partial charge in [-0.05, 0) is 26.3 Å². The van der Waals surface area contributed by atoms with Crippen molar-refractivity contribution in [1.29, 1.82) is 0 Å². The summed E-state index contributed by atoms with van der Waals surface area (Å²) in [5, 5.41) is 18.9. The molecule has 1 unspecified atom stereocenters. The van der Waals surface area contributed by atoms with Gasteiger partial charge in [0.1, 0.15) is 6.54 Å². The molecule has 0 aliphatic heterocycles. The van der Waals surface area contributed by atoms with Crippen LogP contribution in [0, 0.1) is 0 Å². The highest BCUT2D eigenvalue weighted by Crippen LogP contribution is 2.09. The zero-order chi connectivity index (χ0) is 21.4. The predicted molar refractivity (Wildman–Crippen MR) is 108 cm³/mol. The molecular formula is C20H27N5O4. The van der Waals surface area contributed by atoms with Crippen LogP contribution < -0.4 is 10.6 Å². The smallest absolute Gasteiger partial charge is 0.314 e. The predicted octanol–water partition coefficient (Wildman–Crippen LogP) is 0.756. The average Bonchev–Trinajstić information content (AvgIpc) is 3.06. The number of carbonyl (C=O) groups is 3. The molecule has 0 bridgehead atoms. The highest BCUT2D eigenvalue weighted by atomic mass is 16.3. The lowest BCUT2D eigenvalue weighted by Gasteiger charge is -2.23. The Morgan fingerprint density at radius 3 is 2.48 bits per heavy atom. The van der Waals surface area contributed by atoms with E-state index in [9.17, 15) is 19.5 Å². The van der Waals surface area contributed by atoms with Crippen LogP contribution in [0.1, 0.15) is 26.3 Å². The summed E-state index contributed by atoms with van der Waals surface area (Å²) >= 11 is 0. The van der Waals surface area contributed by atoms with Crippen molar-refractivity contribution >= 4 is 23.4 Å². The van der Waals surface area contributed by atoms with Gasteiger partial charge in [-0.15, -0.1) is 0 Å². The van der Waals surface area contributed by atoms with Gasteiger partial charge in [0.25, 0.3) is 0 Å². The number of hydrogen-bond acceptors (Lipinski definition) is 5. The Balaban J connectivity index is 2.00. The Labute approximate surface area is 169 Å². The molecule has 3 N–H and O–H groups in total. The van der Waals surface area contributed by atoms with Gasteiger partial charge < -0.3 is 20.6 Å². The normalized spacial score (nSPS) is 11.8. The topological polar surface area (TPSA) is 117 Å². The number of aliphatic hydroxyl groups excluding tert-OH is 1. The summed E-state index contributed by atoms with van der Waals surface area (Å²) in [6.07, 6.45) is 2.06. The van der Waals surface area contributed by atoms with E-state index in [1.807, 2.05) is 44.2 Å². The second kappa shape index (κ2) is 10.4. The monoisotopic (exact) mass is 401 g/mol. The van der Waals surface area contributed by atoms with Crippen molar-refractivity contribution in [3.05, 3.63) is 48.3 Å². The summed E-state index contributed by atoms with van der Waals surface area (Å²) in [6.45, 7) is 5.49. The highest BCUT2D eigenvalue weighted by molar-refractivity contribution is 6.39. The van der Waals surface area contributed by atoms with Crippen LogP contribution in [0.4, 0.5) is 5.69 Å². The lowest BCUT2D eigenvalue weighted by atomic mass is 10.2. The first kappa shape index (κ1) is 22.1. The van der Waals surface area contributed by atoms with E-state index in [4.69, 9.17) is 0 Å². The van der Waals surface area contributed by atoms with Gasteiger partial charge in [-0.3, -0.25) is 19.1 Å². The fourth-order valence-corrected chi connectivity index (χ4v) is 2.70. The Bertz CT molecular complexity index is 832. The van der Waals surface area contributed by atoms with Crippen molar-refractivity contribution in [1.82, 2.24) is 20.0 Å². The van der Waals surface area contributed by atoms with Crippen LogP contribution in [0.3, 0.4) is 0 Å². The van der Waals surface area contributed by atoms with Gasteiger partial charge in [0.15, 0.2) is 0 Å². The highest BCUT2D eigenvalue weighted by Gasteiger charge is 2.24. The summed E-state index contributed by atoms with van der Waals surface area (Å²) in [7, 11) is 0. The molecule has 9 heteroatoms. The Hall–Kier alpha value is -3.20. The van der Waals surface area contributed by atoms with Gasteiger partial charge in [0.05, 0.1) is 18.0 Å². The maximum absolute atomic E-state index is 12.6. The number of nitrogens with one attached hydrogen (secondary N) is 2. The number of benzene rings is 1. The van der Waals surface area contributed by atoms with E-state index in [1.165, 1.54) is 22.0 Å². The molecule has 0 aliphatic carbocycles. The van der Waals surface area contributed by atoms with Crippen molar-refractivity contribution in [2.24, 2.45) is 0 Å². The van der Waals surface area contributed by atoms with Gasteiger partial charge in [-0.2, -0.15) is 5.10 Å². The third-order valence-electron chi connectivity index (χ3n) is 3.83. The summed E-state index contributed by atoms with van der Waals surface area (Å²) in [5.74, 6) is -1.81. The minimum absolute atomic E-state index is 0.00412. The van der Waals surface area contributed by atoms with Crippen molar-refractivity contribution < 1.29 is 19.5 Å². The lowest BCUT2D eigenvalue weighted by molar-refractivity contribution is -0.144. The molecule has 0 fully saturated rings. The maximum atomic E-state index is 12.6. The largest absolute Gasteiger partial charge is 0.392 e. The molecule has 156 valence electrons. The molecule has 0 saturated heterocycles. The number of aliphatic hydroxyl groups is 1. The number of hydrogen-bond donors (Lipinski definition) is 3. The third kappa shape index (κ3) is 7.38. The summed E-state index contributed by atoms with van der Waals surface area (Å²) < 4.78 is 1.37. The van der Waals surface area contributed by atoms with E-state index < -0.39 is 17.9 Å². The molecule has 3 amide bonds. The fraction of sp³-hybridized carbons (Fsp3) is 0.400. The molecule has 1 aromatic carbocycles. The number of rotatable bonds is 8. The fourth-order valence-electron chi connectivity index (χ4n) is 2.70. The SMILES string of the molecule is CC(O)CN(Cc1ccccc1)C(=O)C(=O)Nc1cnn(CC(=O)NC(C)C)c1. The van der Waals surface area contributed by atoms with Crippen LogP contribution in [-0.4, -0.2) is 56.2 Å². The summed E-state index contributed by atoms with van der Waals surface area (Å²) in [6, 6.07) is 9.23. The molecule has 0 radical (unpaired) electrons. The first-order valence-electron chi connectivity index (χ1n) is 9.38. The van der Waals surface area contributed by atoms with Crippen LogP contribution in [0.5, 0.6) is 0 Å². The zero-order valence-corrected chi connectivity index (χ0v) is 16.8. The zero-order valence-electron chi connectivity index (χ0n) is 16.8.